The lowest BCUT2D eigenvalue weighted by Gasteiger charge is -2.23. The van der Waals surface area contributed by atoms with E-state index in [2.05, 4.69) is 27.1 Å². The van der Waals surface area contributed by atoms with Crippen molar-refractivity contribution in [1.82, 2.24) is 19.5 Å². The Morgan fingerprint density at radius 1 is 1.06 bits per heavy atom. The van der Waals surface area contributed by atoms with Gasteiger partial charge in [-0.05, 0) is 49.3 Å². The highest BCUT2D eigenvalue weighted by Gasteiger charge is 2.21. The predicted molar refractivity (Wildman–Crippen MR) is 122 cm³/mol. The van der Waals surface area contributed by atoms with Crippen molar-refractivity contribution >= 4 is 17.1 Å². The van der Waals surface area contributed by atoms with Crippen molar-refractivity contribution in [3.63, 3.8) is 0 Å². The number of carbonyl (C=O) groups is 1. The molecule has 162 valence electrons. The molecule has 1 fully saturated rings. The Morgan fingerprint density at radius 2 is 1.94 bits per heavy atom. The van der Waals surface area contributed by atoms with Crippen molar-refractivity contribution in [2.24, 2.45) is 5.73 Å². The Bertz CT molecular complexity index is 1250. The highest BCUT2D eigenvalue weighted by atomic mass is 16.5. The summed E-state index contributed by atoms with van der Waals surface area (Å²) in [6.45, 7) is 0.745. The average Bonchev–Trinajstić information content (AvgIpc) is 3.28. The molecular weight excluding hydrogens is 402 g/mol. The van der Waals surface area contributed by atoms with E-state index in [9.17, 15) is 4.79 Å². The standard InChI is InChI=1S/C25H25N5O2/c26-24(31)20-14-19(12-11-18(20)10-9-17-6-2-1-3-7-17)22-23-25(28-15-27-22)30(16-29-23)21-8-4-5-13-32-21/h1-3,6-7,11-12,14-16,21H,4-5,8-10,13H2,(H2,26,31). The smallest absolute Gasteiger partial charge is 0.248 e. The van der Waals surface area contributed by atoms with Crippen LogP contribution in [0.1, 0.15) is 47.0 Å². The Labute approximate surface area is 186 Å². The molecule has 1 atom stereocenters. The summed E-state index contributed by atoms with van der Waals surface area (Å²) in [5.74, 6) is -0.443. The van der Waals surface area contributed by atoms with Crippen LogP contribution in [0.2, 0.25) is 0 Å². The Balaban J connectivity index is 1.48. The number of aromatic nitrogens is 4. The number of fused-ring (bicyclic) bond motifs is 1. The molecule has 2 N–H and O–H groups in total. The minimum absolute atomic E-state index is 0.0574. The Morgan fingerprint density at radius 3 is 2.72 bits per heavy atom. The molecule has 0 aliphatic carbocycles. The first-order valence-electron chi connectivity index (χ1n) is 11.0. The molecule has 0 bridgehead atoms. The second kappa shape index (κ2) is 8.88. The number of hydrogen-bond acceptors (Lipinski definition) is 5. The van der Waals surface area contributed by atoms with E-state index in [-0.39, 0.29) is 6.23 Å². The molecule has 7 heteroatoms. The van der Waals surface area contributed by atoms with Gasteiger partial charge in [-0.3, -0.25) is 9.36 Å². The van der Waals surface area contributed by atoms with Crippen molar-refractivity contribution in [3.8, 4) is 11.3 Å². The fourth-order valence-electron chi connectivity index (χ4n) is 4.31. The van der Waals surface area contributed by atoms with Crippen LogP contribution < -0.4 is 5.73 Å². The lowest BCUT2D eigenvalue weighted by molar-refractivity contribution is -0.0298. The molecule has 5 rings (SSSR count). The maximum atomic E-state index is 12.2. The van der Waals surface area contributed by atoms with E-state index in [0.29, 0.717) is 16.8 Å². The van der Waals surface area contributed by atoms with Gasteiger partial charge in [-0.15, -0.1) is 0 Å². The van der Waals surface area contributed by atoms with Crippen LogP contribution in [0, 0.1) is 0 Å². The first-order chi connectivity index (χ1) is 15.7. The molecule has 2 aromatic carbocycles. The minimum Gasteiger partial charge on any atom is -0.366 e. The summed E-state index contributed by atoms with van der Waals surface area (Å²) in [5, 5.41) is 0. The monoisotopic (exact) mass is 427 g/mol. The van der Waals surface area contributed by atoms with Crippen LogP contribution in [0.5, 0.6) is 0 Å². The first kappa shape index (κ1) is 20.3. The zero-order chi connectivity index (χ0) is 21.9. The highest BCUT2D eigenvalue weighted by Crippen LogP contribution is 2.30. The van der Waals surface area contributed by atoms with Crippen molar-refractivity contribution in [2.75, 3.05) is 6.61 Å². The third kappa shape index (κ3) is 3.99. The second-order valence-corrected chi connectivity index (χ2v) is 8.09. The van der Waals surface area contributed by atoms with Gasteiger partial charge >= 0.3 is 0 Å². The van der Waals surface area contributed by atoms with Crippen LogP contribution in [0.3, 0.4) is 0 Å². The number of primary amides is 1. The van der Waals surface area contributed by atoms with E-state index in [1.165, 1.54) is 11.9 Å². The number of ether oxygens (including phenoxy) is 1. The van der Waals surface area contributed by atoms with Gasteiger partial charge in [-0.2, -0.15) is 0 Å². The third-order valence-electron chi connectivity index (χ3n) is 6.00. The molecule has 1 saturated heterocycles. The predicted octanol–water partition coefficient (Wildman–Crippen LogP) is 4.08. The first-order valence-corrected chi connectivity index (χ1v) is 11.0. The van der Waals surface area contributed by atoms with E-state index in [4.69, 9.17) is 10.5 Å². The van der Waals surface area contributed by atoms with Gasteiger partial charge in [-0.1, -0.05) is 42.5 Å². The normalized spacial score (nSPS) is 16.3. The number of nitrogens with two attached hydrogens (primary N) is 1. The van der Waals surface area contributed by atoms with Gasteiger partial charge in [0.25, 0.3) is 0 Å². The van der Waals surface area contributed by atoms with E-state index in [0.717, 1.165) is 55.5 Å². The minimum atomic E-state index is -0.443. The van der Waals surface area contributed by atoms with Crippen LogP contribution in [0.4, 0.5) is 0 Å². The van der Waals surface area contributed by atoms with Gasteiger partial charge in [0, 0.05) is 17.7 Å². The number of carbonyl (C=O) groups excluding carboxylic acids is 1. The van der Waals surface area contributed by atoms with Crippen molar-refractivity contribution in [3.05, 3.63) is 77.9 Å². The van der Waals surface area contributed by atoms with E-state index in [1.54, 1.807) is 6.33 Å². The van der Waals surface area contributed by atoms with Crippen LogP contribution >= 0.6 is 0 Å². The molecule has 1 unspecified atom stereocenters. The summed E-state index contributed by atoms with van der Waals surface area (Å²) in [6.07, 6.45) is 7.95. The maximum absolute atomic E-state index is 12.2. The maximum Gasteiger partial charge on any atom is 0.248 e. The van der Waals surface area contributed by atoms with E-state index < -0.39 is 5.91 Å². The number of aryl methyl sites for hydroxylation is 2. The molecule has 0 radical (unpaired) electrons. The molecular formula is C25H25N5O2. The summed E-state index contributed by atoms with van der Waals surface area (Å²) in [7, 11) is 0. The number of amides is 1. The Hall–Kier alpha value is -3.58. The number of rotatable bonds is 6. The van der Waals surface area contributed by atoms with Gasteiger partial charge < -0.3 is 10.5 Å². The van der Waals surface area contributed by atoms with Gasteiger partial charge in [0.2, 0.25) is 5.91 Å². The molecule has 1 amide bonds. The van der Waals surface area contributed by atoms with Crippen LogP contribution in [0.25, 0.3) is 22.4 Å². The summed E-state index contributed by atoms with van der Waals surface area (Å²) in [4.78, 5) is 25.8. The SMILES string of the molecule is NC(=O)c1cc(-c2ncnc3c2ncn3C2CCCCO2)ccc1CCc1ccccc1. The highest BCUT2D eigenvalue weighted by molar-refractivity contribution is 5.97. The number of nitrogens with zero attached hydrogens (tertiary/aromatic N) is 4. The lowest BCUT2D eigenvalue weighted by atomic mass is 9.96. The Kier molecular flexibility index (Phi) is 5.64. The van der Waals surface area contributed by atoms with Gasteiger partial charge in [0.1, 0.15) is 23.8 Å². The second-order valence-electron chi connectivity index (χ2n) is 8.09. The molecule has 2 aromatic heterocycles. The topological polar surface area (TPSA) is 95.9 Å². The summed E-state index contributed by atoms with van der Waals surface area (Å²) < 4.78 is 7.88. The lowest BCUT2D eigenvalue weighted by Crippen LogP contribution is -2.17. The zero-order valence-corrected chi connectivity index (χ0v) is 17.8. The van der Waals surface area contributed by atoms with Crippen LogP contribution in [-0.4, -0.2) is 32.0 Å². The molecule has 1 aliphatic rings. The molecule has 1 aliphatic heterocycles. The fourth-order valence-corrected chi connectivity index (χ4v) is 4.31. The molecule has 0 saturated carbocycles. The largest absolute Gasteiger partial charge is 0.366 e. The van der Waals surface area contributed by atoms with Gasteiger partial charge in [-0.25, -0.2) is 15.0 Å². The summed E-state index contributed by atoms with van der Waals surface area (Å²) in [6, 6.07) is 16.0. The van der Waals surface area contributed by atoms with Gasteiger partial charge in [0.05, 0.1) is 6.33 Å². The molecule has 0 spiro atoms. The van der Waals surface area contributed by atoms with Crippen LogP contribution in [0.15, 0.2) is 61.2 Å². The van der Waals surface area contributed by atoms with Crippen molar-refractivity contribution in [2.45, 2.75) is 38.3 Å². The molecule has 3 heterocycles. The van der Waals surface area contributed by atoms with Gasteiger partial charge in [0.15, 0.2) is 5.65 Å². The van der Waals surface area contributed by atoms with E-state index >= 15 is 0 Å². The van der Waals surface area contributed by atoms with E-state index in [1.807, 2.05) is 41.0 Å². The van der Waals surface area contributed by atoms with Crippen molar-refractivity contribution < 1.29 is 9.53 Å². The number of imidazole rings is 1. The van der Waals surface area contributed by atoms with Crippen LogP contribution in [-0.2, 0) is 17.6 Å². The van der Waals surface area contributed by atoms with Crippen molar-refractivity contribution in [1.29, 1.82) is 0 Å². The number of benzene rings is 2. The summed E-state index contributed by atoms with van der Waals surface area (Å²) in [5.41, 5.74) is 11.3. The third-order valence-corrected chi connectivity index (χ3v) is 6.00. The summed E-state index contributed by atoms with van der Waals surface area (Å²) >= 11 is 0. The molecule has 4 aromatic rings. The quantitative estimate of drug-likeness (QED) is 0.500. The average molecular weight is 428 g/mol. The molecule has 32 heavy (non-hydrogen) atoms. The zero-order valence-electron chi connectivity index (χ0n) is 17.8. The number of hydrogen-bond donors (Lipinski definition) is 1. The fraction of sp³-hybridized carbons (Fsp3) is 0.280. The molecule has 7 nitrogen and oxygen atoms in total.